The number of carbonyl (C=O) groups excluding carboxylic acids is 2. The second-order valence-electron chi connectivity index (χ2n) is 16.0. The number of alkyl halides is 4. The Kier molecular flexibility index (Phi) is 10.6. The van der Waals surface area contributed by atoms with Gasteiger partial charge in [-0.2, -0.15) is 19.0 Å². The van der Waals surface area contributed by atoms with Crippen molar-refractivity contribution in [3.05, 3.63) is 93.0 Å². The number of nitrogens with two attached hydrogens (primary N) is 1. The third kappa shape index (κ3) is 7.74. The molecule has 0 radical (unpaired) electrons. The van der Waals surface area contributed by atoms with Crippen LogP contribution >= 0.6 is 11.6 Å². The maximum absolute atomic E-state index is 16.2. The number of hydrogen-bond acceptors (Lipinski definition) is 8. The molecule has 21 heteroatoms. The average Bonchev–Trinajstić information content (AvgIpc) is 3.70. The SMILES string of the molecule is CC(=O)N1CCO[C@](C)(C#Cc2ccc(-c3ccc(Cl)c4c(NS(C)(=O)=O)nn(C)c34)c([C@@H](Cc3cc(F)cc(F)c3)C(C(N)=O)n3nc(C(F)F)c4c3C(F)(F)[C@@H]3C[C@H]43)n2)C1. The first-order valence-electron chi connectivity index (χ1n) is 19.2. The molecule has 3 N–H and O–H groups in total. The number of anilines is 1. The molecular formula is C41H37ClF6N8O5S. The van der Waals surface area contributed by atoms with Gasteiger partial charge in [0.2, 0.25) is 21.8 Å². The standard InChI is InChI=1S/C41H37ClF6N8O5S/c1-19(57)55-11-12-61-40(2,18-55)10-9-23-5-6-24(25-7-8-29(42)31-34(25)54(3)52-39(31)53-62(4,59)60)32(50-23)27(15-20-13-21(43)16-22(44)14-20)35(38(49)58)56-36-30(33(51-56)37(45)46)26-17-28(26)41(36,47)48/h5-8,13-14,16,26-28,35,37H,11-12,15,17-18H2,1-4H3,(H2,49,58)(H,52,53)/t26-,27+,28+,35?,40+/m0/s1. The summed E-state index contributed by atoms with van der Waals surface area (Å²) >= 11 is 6.65. The quantitative estimate of drug-likeness (QED) is 0.121. The van der Waals surface area contributed by atoms with Gasteiger partial charge in [0.25, 0.3) is 12.3 Å². The Labute approximate surface area is 355 Å². The number of rotatable bonds is 10. The van der Waals surface area contributed by atoms with Crippen LogP contribution in [0.4, 0.5) is 32.2 Å². The second kappa shape index (κ2) is 15.3. The Morgan fingerprint density at radius 2 is 1.77 bits per heavy atom. The summed E-state index contributed by atoms with van der Waals surface area (Å²) in [5, 5.41) is 8.48. The number of hydrogen-bond donors (Lipinski definition) is 2. The summed E-state index contributed by atoms with van der Waals surface area (Å²) < 4.78 is 126. The first kappa shape index (κ1) is 43.0. The van der Waals surface area contributed by atoms with Crippen molar-refractivity contribution in [2.45, 2.75) is 62.5 Å². The predicted octanol–water partition coefficient (Wildman–Crippen LogP) is 6.32. The molecule has 326 valence electrons. The van der Waals surface area contributed by atoms with Gasteiger partial charge in [0, 0.05) is 55.1 Å². The third-order valence-electron chi connectivity index (χ3n) is 11.4. The molecule has 62 heavy (non-hydrogen) atoms. The molecule has 0 bridgehead atoms. The van der Waals surface area contributed by atoms with Gasteiger partial charge in [0.1, 0.15) is 40.4 Å². The van der Waals surface area contributed by atoms with E-state index in [0.717, 1.165) is 18.4 Å². The maximum atomic E-state index is 16.2. The van der Waals surface area contributed by atoms with E-state index in [0.29, 0.717) is 17.3 Å². The number of nitrogens with zero attached hydrogens (tertiary/aromatic N) is 6. The zero-order valence-corrected chi connectivity index (χ0v) is 34.9. The predicted molar refractivity (Wildman–Crippen MR) is 214 cm³/mol. The van der Waals surface area contributed by atoms with Crippen molar-refractivity contribution in [1.82, 2.24) is 29.4 Å². The highest BCUT2D eigenvalue weighted by Crippen LogP contribution is 2.68. The number of primary amides is 1. The molecule has 2 aromatic carbocycles. The Balaban J connectivity index is 1.41. The number of halogens is 7. The minimum Gasteiger partial charge on any atom is -0.368 e. The second-order valence-corrected chi connectivity index (χ2v) is 18.1. The molecular weight excluding hydrogens is 866 g/mol. The number of pyridine rings is 1. The molecule has 1 saturated carbocycles. The molecule has 4 heterocycles. The van der Waals surface area contributed by atoms with E-state index in [4.69, 9.17) is 27.1 Å². The van der Waals surface area contributed by atoms with Crippen molar-refractivity contribution in [1.29, 1.82) is 0 Å². The van der Waals surface area contributed by atoms with Crippen molar-refractivity contribution in [3.63, 3.8) is 0 Å². The van der Waals surface area contributed by atoms with Gasteiger partial charge in [-0.25, -0.2) is 35.6 Å². The molecule has 13 nitrogen and oxygen atoms in total. The summed E-state index contributed by atoms with van der Waals surface area (Å²) in [6, 6.07) is 6.40. The first-order chi connectivity index (χ1) is 29.1. The van der Waals surface area contributed by atoms with E-state index in [1.807, 2.05) is 0 Å². The summed E-state index contributed by atoms with van der Waals surface area (Å²) in [5.74, 6) is -5.35. The van der Waals surface area contributed by atoms with Crippen LogP contribution < -0.4 is 10.5 Å². The molecule has 1 saturated heterocycles. The molecule has 3 aliphatic rings. The molecule has 2 aliphatic carbocycles. The van der Waals surface area contributed by atoms with Crippen molar-refractivity contribution < 1.29 is 49.1 Å². The van der Waals surface area contributed by atoms with Gasteiger partial charge in [-0.1, -0.05) is 23.6 Å². The number of fused-ring (bicyclic) bond motifs is 4. The summed E-state index contributed by atoms with van der Waals surface area (Å²) in [6.45, 7) is 3.66. The molecule has 2 amide bonds. The van der Waals surface area contributed by atoms with Gasteiger partial charge < -0.3 is 15.4 Å². The minimum absolute atomic E-state index is 0.00681. The monoisotopic (exact) mass is 902 g/mol. The van der Waals surface area contributed by atoms with Gasteiger partial charge in [0.15, 0.2) is 5.82 Å². The lowest BCUT2D eigenvalue weighted by Crippen LogP contribution is -2.50. The Morgan fingerprint density at radius 1 is 1.08 bits per heavy atom. The van der Waals surface area contributed by atoms with Crippen LogP contribution in [-0.4, -0.2) is 81.2 Å². The van der Waals surface area contributed by atoms with E-state index < -0.39 is 87.1 Å². The highest BCUT2D eigenvalue weighted by Gasteiger charge is 2.67. The molecule has 2 fully saturated rings. The van der Waals surface area contributed by atoms with Crippen LogP contribution in [-0.2, 0) is 43.7 Å². The van der Waals surface area contributed by atoms with E-state index in [-0.39, 0.29) is 80.9 Å². The van der Waals surface area contributed by atoms with E-state index in [2.05, 4.69) is 26.8 Å². The van der Waals surface area contributed by atoms with Crippen LogP contribution in [0, 0.1) is 29.4 Å². The summed E-state index contributed by atoms with van der Waals surface area (Å²) in [7, 11) is -2.41. The molecule has 1 unspecified atom stereocenters. The fourth-order valence-corrected chi connectivity index (χ4v) is 9.49. The van der Waals surface area contributed by atoms with E-state index in [1.54, 1.807) is 11.8 Å². The fraction of sp³-hybridized carbons (Fsp3) is 0.390. The first-order valence-corrected chi connectivity index (χ1v) is 21.4. The third-order valence-corrected chi connectivity index (χ3v) is 12.3. The minimum atomic E-state index is -3.90. The lowest BCUT2D eigenvalue weighted by Gasteiger charge is -2.36. The summed E-state index contributed by atoms with van der Waals surface area (Å²) in [6.07, 6.45) is -3.04. The summed E-state index contributed by atoms with van der Waals surface area (Å²) in [5.41, 5.74) is 3.03. The van der Waals surface area contributed by atoms with E-state index >= 15 is 8.78 Å². The van der Waals surface area contributed by atoms with Crippen molar-refractivity contribution in [2.75, 3.05) is 30.7 Å². The van der Waals surface area contributed by atoms with Gasteiger partial charge in [-0.3, -0.25) is 19.0 Å². The Hall–Kier alpha value is -5.65. The van der Waals surface area contributed by atoms with Gasteiger partial charge in [0.05, 0.1) is 41.0 Å². The largest absolute Gasteiger partial charge is 0.368 e. The zero-order valence-electron chi connectivity index (χ0n) is 33.3. The van der Waals surface area contributed by atoms with Crippen molar-refractivity contribution >= 4 is 50.2 Å². The molecule has 5 atom stereocenters. The normalized spacial score (nSPS) is 21.3. The number of ether oxygens (including phenoxy) is 1. The number of sulfonamides is 1. The Bertz CT molecular complexity index is 2860. The number of benzene rings is 2. The molecule has 8 rings (SSSR count). The lowest BCUT2D eigenvalue weighted by molar-refractivity contribution is -0.139. The lowest BCUT2D eigenvalue weighted by atomic mass is 9.84. The highest BCUT2D eigenvalue weighted by atomic mass is 35.5. The number of morpholine rings is 1. The van der Waals surface area contributed by atoms with Crippen LogP contribution in [0.5, 0.6) is 0 Å². The molecule has 5 aromatic rings. The molecule has 0 spiro atoms. The average molecular weight is 903 g/mol. The van der Waals surface area contributed by atoms with E-state index in [1.165, 1.54) is 42.9 Å². The number of nitrogens with one attached hydrogen (secondary N) is 1. The van der Waals surface area contributed by atoms with Gasteiger partial charge >= 0.3 is 0 Å². The van der Waals surface area contributed by atoms with Crippen LogP contribution in [0.25, 0.3) is 22.0 Å². The van der Waals surface area contributed by atoms with Crippen LogP contribution in [0.15, 0.2) is 42.5 Å². The maximum Gasteiger partial charge on any atom is 0.293 e. The fourth-order valence-electron chi connectivity index (χ4n) is 8.75. The number of aryl methyl sites for hydroxylation is 1. The molecule has 3 aromatic heterocycles. The van der Waals surface area contributed by atoms with Crippen LogP contribution in [0.3, 0.4) is 0 Å². The number of amides is 2. The van der Waals surface area contributed by atoms with Gasteiger partial charge in [-0.05, 0) is 67.5 Å². The van der Waals surface area contributed by atoms with E-state index in [9.17, 15) is 35.6 Å². The van der Waals surface area contributed by atoms with Gasteiger partial charge in [-0.15, -0.1) is 0 Å². The van der Waals surface area contributed by atoms with Crippen molar-refractivity contribution in [2.24, 2.45) is 18.7 Å². The van der Waals surface area contributed by atoms with Crippen molar-refractivity contribution in [3.8, 4) is 23.0 Å². The topological polar surface area (TPSA) is 167 Å². The van der Waals surface area contributed by atoms with Crippen LogP contribution in [0.2, 0.25) is 5.02 Å². The molecule has 1 aliphatic heterocycles. The Morgan fingerprint density at radius 3 is 2.42 bits per heavy atom. The smallest absolute Gasteiger partial charge is 0.293 e. The van der Waals surface area contributed by atoms with Crippen LogP contribution in [0.1, 0.15) is 78.5 Å². The number of aromatic nitrogens is 5. The summed E-state index contributed by atoms with van der Waals surface area (Å²) in [4.78, 5) is 32.6. The number of carbonyl (C=O) groups is 2. The zero-order chi connectivity index (χ0) is 44.8. The highest BCUT2D eigenvalue weighted by molar-refractivity contribution is 7.92.